The molecular formula is C30H40N6O2S. The van der Waals surface area contributed by atoms with E-state index in [1.165, 1.54) is 37.1 Å². The molecule has 1 amide bonds. The lowest BCUT2D eigenvalue weighted by Crippen LogP contribution is -2.37. The maximum Gasteiger partial charge on any atom is 0.228 e. The van der Waals surface area contributed by atoms with Crippen LogP contribution in [0.3, 0.4) is 0 Å². The second kappa shape index (κ2) is 12.2. The fourth-order valence-corrected chi connectivity index (χ4v) is 7.28. The predicted octanol–water partition coefficient (Wildman–Crippen LogP) is 4.39. The normalized spacial score (nSPS) is 20.9. The summed E-state index contributed by atoms with van der Waals surface area (Å²) in [5.41, 5.74) is 7.89. The fourth-order valence-electron chi connectivity index (χ4n) is 6.34. The first-order valence-electron chi connectivity index (χ1n) is 14.6. The van der Waals surface area contributed by atoms with Gasteiger partial charge in [0, 0.05) is 56.7 Å². The summed E-state index contributed by atoms with van der Waals surface area (Å²) < 4.78 is 6.07. The Labute approximate surface area is 235 Å². The summed E-state index contributed by atoms with van der Waals surface area (Å²) in [7, 11) is 0. The van der Waals surface area contributed by atoms with Gasteiger partial charge >= 0.3 is 0 Å². The van der Waals surface area contributed by atoms with Crippen molar-refractivity contribution in [2.45, 2.75) is 38.5 Å². The molecule has 208 valence electrons. The van der Waals surface area contributed by atoms with Crippen LogP contribution in [-0.4, -0.2) is 79.8 Å². The molecule has 1 unspecified atom stereocenters. The number of thiophene rings is 1. The van der Waals surface area contributed by atoms with Gasteiger partial charge in [0.25, 0.3) is 0 Å². The molecule has 0 spiro atoms. The monoisotopic (exact) mass is 548 g/mol. The van der Waals surface area contributed by atoms with Crippen molar-refractivity contribution < 1.29 is 9.53 Å². The van der Waals surface area contributed by atoms with Gasteiger partial charge in [0.15, 0.2) is 0 Å². The van der Waals surface area contributed by atoms with E-state index in [9.17, 15) is 4.79 Å². The molecule has 3 fully saturated rings. The molecule has 3 aliphatic rings. The van der Waals surface area contributed by atoms with Crippen molar-refractivity contribution >= 4 is 39.2 Å². The van der Waals surface area contributed by atoms with Gasteiger partial charge in [-0.15, -0.1) is 11.3 Å². The van der Waals surface area contributed by atoms with Crippen LogP contribution in [-0.2, 0) is 9.53 Å². The second-order valence-corrected chi connectivity index (χ2v) is 12.2. The van der Waals surface area contributed by atoms with Gasteiger partial charge in [-0.1, -0.05) is 30.3 Å². The number of likely N-dealkylation sites (tertiary alicyclic amines) is 1. The average molecular weight is 549 g/mol. The number of aromatic nitrogens is 2. The number of nitrogens with two attached hydrogens (primary N) is 1. The number of hydrogen-bond donors (Lipinski definition) is 1. The van der Waals surface area contributed by atoms with Gasteiger partial charge in [0.05, 0.1) is 12.0 Å². The smallest absolute Gasteiger partial charge is 0.228 e. The lowest BCUT2D eigenvalue weighted by atomic mass is 9.98. The molecule has 6 rings (SSSR count). The molecule has 0 bridgehead atoms. The summed E-state index contributed by atoms with van der Waals surface area (Å²) in [5, 5.41) is 3.33. The lowest BCUT2D eigenvalue weighted by molar-refractivity contribution is -0.118. The van der Waals surface area contributed by atoms with Crippen molar-refractivity contribution in [2.75, 3.05) is 68.8 Å². The summed E-state index contributed by atoms with van der Waals surface area (Å²) >= 11 is 1.69. The van der Waals surface area contributed by atoms with Gasteiger partial charge in [0.2, 0.25) is 11.9 Å². The Bertz CT molecular complexity index is 1250. The Hall–Kier alpha value is -2.75. The van der Waals surface area contributed by atoms with E-state index in [0.717, 1.165) is 87.2 Å². The van der Waals surface area contributed by atoms with Crippen molar-refractivity contribution in [1.82, 2.24) is 14.9 Å². The number of nitrogens with zero attached hydrogens (tertiary/aromatic N) is 5. The zero-order chi connectivity index (χ0) is 26.6. The minimum atomic E-state index is -0.223. The minimum absolute atomic E-state index is 0.223. The Kier molecular flexibility index (Phi) is 8.27. The van der Waals surface area contributed by atoms with E-state index in [-0.39, 0.29) is 11.8 Å². The summed E-state index contributed by atoms with van der Waals surface area (Å²) in [6, 6.07) is 10.5. The summed E-state index contributed by atoms with van der Waals surface area (Å²) in [5.74, 6) is 2.47. The van der Waals surface area contributed by atoms with Crippen LogP contribution < -0.4 is 15.5 Å². The molecule has 9 heteroatoms. The van der Waals surface area contributed by atoms with E-state index < -0.39 is 0 Å². The molecule has 2 N–H and O–H groups in total. The molecule has 0 aliphatic carbocycles. The van der Waals surface area contributed by atoms with Crippen LogP contribution in [0.15, 0.2) is 35.7 Å². The van der Waals surface area contributed by atoms with Crippen molar-refractivity contribution in [3.63, 3.8) is 0 Å². The number of piperidine rings is 1. The molecule has 3 aromatic rings. The van der Waals surface area contributed by atoms with E-state index in [2.05, 4.69) is 44.3 Å². The Morgan fingerprint density at radius 1 is 0.974 bits per heavy atom. The van der Waals surface area contributed by atoms with Crippen LogP contribution in [0.5, 0.6) is 0 Å². The molecule has 8 nitrogen and oxygen atoms in total. The number of fused-ring (bicyclic) bond motifs is 1. The molecule has 1 aromatic carbocycles. The van der Waals surface area contributed by atoms with Crippen LogP contribution in [0.2, 0.25) is 0 Å². The number of anilines is 2. The number of ether oxygens (including phenoxy) is 1. The first kappa shape index (κ1) is 26.5. The van der Waals surface area contributed by atoms with Gasteiger partial charge in [0.1, 0.15) is 10.6 Å². The van der Waals surface area contributed by atoms with Gasteiger partial charge in [-0.25, -0.2) is 4.98 Å². The van der Waals surface area contributed by atoms with Crippen molar-refractivity contribution in [3.05, 3.63) is 35.7 Å². The van der Waals surface area contributed by atoms with Crippen LogP contribution in [0.1, 0.15) is 38.5 Å². The SMILES string of the molecule is NC(=O)CC1CCN(c2nc(N3CCC(COCCN4CCCC4)CC3)nc3scc(-c4ccccc4)c23)C1. The number of hydrogen-bond acceptors (Lipinski definition) is 8. The van der Waals surface area contributed by atoms with Crippen molar-refractivity contribution in [3.8, 4) is 11.1 Å². The maximum atomic E-state index is 11.6. The van der Waals surface area contributed by atoms with Crippen molar-refractivity contribution in [1.29, 1.82) is 0 Å². The zero-order valence-electron chi connectivity index (χ0n) is 22.8. The first-order chi connectivity index (χ1) is 19.1. The maximum absolute atomic E-state index is 11.6. The van der Waals surface area contributed by atoms with E-state index in [0.29, 0.717) is 12.3 Å². The molecule has 3 saturated heterocycles. The first-order valence-corrected chi connectivity index (χ1v) is 15.4. The van der Waals surface area contributed by atoms with Gasteiger partial charge in [-0.2, -0.15) is 4.98 Å². The molecule has 5 heterocycles. The largest absolute Gasteiger partial charge is 0.380 e. The molecule has 0 radical (unpaired) electrons. The number of benzene rings is 1. The lowest BCUT2D eigenvalue weighted by Gasteiger charge is -2.32. The topological polar surface area (TPSA) is 87.8 Å². The third-order valence-electron chi connectivity index (χ3n) is 8.56. The van der Waals surface area contributed by atoms with E-state index >= 15 is 0 Å². The molecule has 1 atom stereocenters. The van der Waals surface area contributed by atoms with Gasteiger partial charge in [-0.3, -0.25) is 4.79 Å². The predicted molar refractivity (Wildman–Crippen MR) is 158 cm³/mol. The summed E-state index contributed by atoms with van der Waals surface area (Å²) in [4.78, 5) is 30.1. The number of carbonyl (C=O) groups excluding carboxylic acids is 1. The molecule has 3 aliphatic heterocycles. The third kappa shape index (κ3) is 6.21. The van der Waals surface area contributed by atoms with Gasteiger partial charge < -0.3 is 25.2 Å². The van der Waals surface area contributed by atoms with Crippen LogP contribution in [0.25, 0.3) is 21.3 Å². The fraction of sp³-hybridized carbons (Fsp3) is 0.567. The average Bonchev–Trinajstić information content (AvgIpc) is 3.73. The standard InChI is InChI=1S/C30H40N6O2S/c31-26(37)18-23-10-15-36(19-23)28-27-25(24-6-2-1-3-7-24)21-39-29(27)33-30(32-28)35-13-8-22(9-14-35)20-38-17-16-34-11-4-5-12-34/h1-3,6-7,21-23H,4-5,8-20H2,(H2,31,37). The summed E-state index contributed by atoms with van der Waals surface area (Å²) in [6.45, 7) is 8.81. The molecule has 39 heavy (non-hydrogen) atoms. The van der Waals surface area contributed by atoms with E-state index in [1.54, 1.807) is 11.3 Å². The number of primary amides is 1. The minimum Gasteiger partial charge on any atom is -0.380 e. The third-order valence-corrected chi connectivity index (χ3v) is 9.44. The summed E-state index contributed by atoms with van der Waals surface area (Å²) in [6.07, 6.45) is 6.25. The highest BCUT2D eigenvalue weighted by atomic mass is 32.1. The highest BCUT2D eigenvalue weighted by molar-refractivity contribution is 7.17. The highest BCUT2D eigenvalue weighted by Gasteiger charge is 2.30. The Balaban J connectivity index is 1.17. The van der Waals surface area contributed by atoms with E-state index in [4.69, 9.17) is 20.4 Å². The molecule has 2 aromatic heterocycles. The Morgan fingerprint density at radius 2 is 1.72 bits per heavy atom. The van der Waals surface area contributed by atoms with Gasteiger partial charge in [-0.05, 0) is 62.6 Å². The van der Waals surface area contributed by atoms with Crippen LogP contribution >= 0.6 is 11.3 Å². The number of carbonyl (C=O) groups is 1. The number of rotatable bonds is 10. The molecular weight excluding hydrogens is 508 g/mol. The number of amides is 1. The molecule has 0 saturated carbocycles. The van der Waals surface area contributed by atoms with Crippen LogP contribution in [0.4, 0.5) is 11.8 Å². The Morgan fingerprint density at radius 3 is 2.49 bits per heavy atom. The van der Waals surface area contributed by atoms with Crippen LogP contribution in [0, 0.1) is 11.8 Å². The van der Waals surface area contributed by atoms with E-state index in [1.807, 2.05) is 6.07 Å². The quantitative estimate of drug-likeness (QED) is 0.376. The van der Waals surface area contributed by atoms with Crippen molar-refractivity contribution in [2.24, 2.45) is 17.6 Å². The zero-order valence-corrected chi connectivity index (χ0v) is 23.6. The second-order valence-electron chi connectivity index (χ2n) is 11.4. The highest BCUT2D eigenvalue weighted by Crippen LogP contribution is 2.41.